The lowest BCUT2D eigenvalue weighted by Crippen LogP contribution is -2.29. The molecule has 29 heavy (non-hydrogen) atoms. The number of hydrogen-bond donors (Lipinski definition) is 2. The Morgan fingerprint density at radius 2 is 1.83 bits per heavy atom. The van der Waals surface area contributed by atoms with E-state index < -0.39 is 0 Å². The number of thiazole rings is 1. The number of rotatable bonds is 6. The second-order valence-corrected chi connectivity index (χ2v) is 9.38. The van der Waals surface area contributed by atoms with Crippen molar-refractivity contribution in [2.45, 2.75) is 47.1 Å². The monoisotopic (exact) mass is 427 g/mol. The third-order valence-electron chi connectivity index (χ3n) is 4.79. The minimum absolute atomic E-state index is 0.159. The van der Waals surface area contributed by atoms with E-state index in [4.69, 9.17) is 0 Å². The lowest BCUT2D eigenvalue weighted by atomic mass is 9.98. The zero-order valence-electron chi connectivity index (χ0n) is 17.3. The van der Waals surface area contributed by atoms with Gasteiger partial charge in [0.15, 0.2) is 5.13 Å². The van der Waals surface area contributed by atoms with Crippen LogP contribution in [-0.4, -0.2) is 16.8 Å². The smallest absolute Gasteiger partial charge is 0.228 e. The number of amides is 2. The van der Waals surface area contributed by atoms with Crippen molar-refractivity contribution in [1.29, 1.82) is 0 Å². The van der Waals surface area contributed by atoms with Gasteiger partial charge in [-0.2, -0.15) is 0 Å². The molecule has 0 aliphatic carbocycles. The van der Waals surface area contributed by atoms with Gasteiger partial charge in [0, 0.05) is 22.2 Å². The SMILES string of the molecule is CC(=O)N[C@H](CC(=O)Nc1nc(-c2cc(C)c(C)cc2C)c(C)s1)c1cccs1. The second kappa shape index (κ2) is 8.88. The number of nitrogens with zero attached hydrogens (tertiary/aromatic N) is 1. The molecule has 3 rings (SSSR count). The molecule has 0 bridgehead atoms. The summed E-state index contributed by atoms with van der Waals surface area (Å²) in [6.45, 7) is 9.75. The van der Waals surface area contributed by atoms with Gasteiger partial charge >= 0.3 is 0 Å². The molecular formula is C22H25N3O2S2. The van der Waals surface area contributed by atoms with Crippen LogP contribution in [0.15, 0.2) is 29.6 Å². The van der Waals surface area contributed by atoms with E-state index in [1.54, 1.807) is 0 Å². The Labute approximate surface area is 179 Å². The van der Waals surface area contributed by atoms with Crippen LogP contribution in [0.1, 0.15) is 45.8 Å². The second-order valence-electron chi connectivity index (χ2n) is 7.20. The molecule has 2 amide bonds. The predicted molar refractivity (Wildman–Crippen MR) is 121 cm³/mol. The van der Waals surface area contributed by atoms with Gasteiger partial charge in [-0.3, -0.25) is 9.59 Å². The highest BCUT2D eigenvalue weighted by molar-refractivity contribution is 7.16. The Bertz CT molecular complexity index is 1040. The number of carbonyl (C=O) groups excluding carboxylic acids is 2. The third kappa shape index (κ3) is 5.10. The van der Waals surface area contributed by atoms with E-state index in [1.807, 2.05) is 24.4 Å². The van der Waals surface area contributed by atoms with Crippen LogP contribution in [0.3, 0.4) is 0 Å². The fraction of sp³-hybridized carbons (Fsp3) is 0.318. The summed E-state index contributed by atoms with van der Waals surface area (Å²) in [7, 11) is 0. The van der Waals surface area contributed by atoms with Gasteiger partial charge in [-0.1, -0.05) is 12.1 Å². The van der Waals surface area contributed by atoms with E-state index in [2.05, 4.69) is 48.5 Å². The Morgan fingerprint density at radius 3 is 2.48 bits per heavy atom. The average molecular weight is 428 g/mol. The highest BCUT2D eigenvalue weighted by Crippen LogP contribution is 2.34. The molecule has 2 aromatic heterocycles. The van der Waals surface area contributed by atoms with Crippen LogP contribution in [0, 0.1) is 27.7 Å². The number of nitrogens with one attached hydrogen (secondary N) is 2. The van der Waals surface area contributed by atoms with Crippen molar-refractivity contribution in [3.05, 3.63) is 56.1 Å². The first-order chi connectivity index (χ1) is 13.7. The summed E-state index contributed by atoms with van der Waals surface area (Å²) in [5.74, 6) is -0.331. The van der Waals surface area contributed by atoms with Crippen LogP contribution in [0.25, 0.3) is 11.3 Å². The summed E-state index contributed by atoms with van der Waals surface area (Å²) in [5, 5.41) is 8.27. The van der Waals surface area contributed by atoms with E-state index in [9.17, 15) is 9.59 Å². The number of anilines is 1. The normalized spacial score (nSPS) is 11.9. The highest BCUT2D eigenvalue weighted by atomic mass is 32.1. The quantitative estimate of drug-likeness (QED) is 0.560. The maximum Gasteiger partial charge on any atom is 0.228 e. The molecule has 1 atom stereocenters. The summed E-state index contributed by atoms with van der Waals surface area (Å²) in [6, 6.07) is 7.82. The van der Waals surface area contributed by atoms with Crippen molar-refractivity contribution in [1.82, 2.24) is 10.3 Å². The molecule has 5 nitrogen and oxygen atoms in total. The molecule has 3 aromatic rings. The van der Waals surface area contributed by atoms with Crippen LogP contribution in [0.5, 0.6) is 0 Å². The molecule has 0 unspecified atom stereocenters. The van der Waals surface area contributed by atoms with E-state index in [-0.39, 0.29) is 24.3 Å². The first kappa shape index (κ1) is 21.2. The maximum absolute atomic E-state index is 12.6. The summed E-state index contributed by atoms with van der Waals surface area (Å²) in [4.78, 5) is 30.9. The first-order valence-corrected chi connectivity index (χ1v) is 11.1. The van der Waals surface area contributed by atoms with Crippen LogP contribution in [0.2, 0.25) is 0 Å². The summed E-state index contributed by atoms with van der Waals surface area (Å²) < 4.78 is 0. The molecule has 0 aliphatic heterocycles. The van der Waals surface area contributed by atoms with E-state index in [0.717, 1.165) is 21.0 Å². The zero-order chi connectivity index (χ0) is 21.1. The fourth-order valence-electron chi connectivity index (χ4n) is 3.23. The molecule has 2 N–H and O–H groups in total. The standard InChI is InChI=1S/C22H25N3O2S2/c1-12-9-14(3)17(10-13(12)2)21-15(4)29-22(25-21)24-20(27)11-18(23-16(5)26)19-7-6-8-28-19/h6-10,18H,11H2,1-5H3,(H,23,26)(H,24,25,27)/t18-/m1/s1. The molecular weight excluding hydrogens is 402 g/mol. The van der Waals surface area contributed by atoms with Crippen LogP contribution in [-0.2, 0) is 9.59 Å². The molecule has 152 valence electrons. The Hall–Kier alpha value is -2.51. The van der Waals surface area contributed by atoms with Crippen molar-refractivity contribution in [2.75, 3.05) is 5.32 Å². The largest absolute Gasteiger partial charge is 0.348 e. The van der Waals surface area contributed by atoms with Gasteiger partial charge in [-0.05, 0) is 61.9 Å². The first-order valence-electron chi connectivity index (χ1n) is 9.40. The van der Waals surface area contributed by atoms with Gasteiger partial charge in [0.05, 0.1) is 18.2 Å². The van der Waals surface area contributed by atoms with Crippen molar-refractivity contribution in [2.24, 2.45) is 0 Å². The van der Waals surface area contributed by atoms with Gasteiger partial charge in [0.25, 0.3) is 0 Å². The number of hydrogen-bond acceptors (Lipinski definition) is 5. The average Bonchev–Trinajstić information content (AvgIpc) is 3.27. The molecule has 0 saturated carbocycles. The number of benzene rings is 1. The molecule has 0 saturated heterocycles. The third-order valence-corrected chi connectivity index (χ3v) is 6.66. The Balaban J connectivity index is 1.77. The molecule has 0 fully saturated rings. The van der Waals surface area contributed by atoms with Crippen LogP contribution in [0.4, 0.5) is 5.13 Å². The van der Waals surface area contributed by atoms with Gasteiger partial charge in [0.1, 0.15) is 0 Å². The topological polar surface area (TPSA) is 71.1 Å². The number of aromatic nitrogens is 1. The Morgan fingerprint density at radius 1 is 1.10 bits per heavy atom. The molecule has 0 radical (unpaired) electrons. The van der Waals surface area contributed by atoms with Gasteiger partial charge in [-0.15, -0.1) is 22.7 Å². The van der Waals surface area contributed by atoms with Crippen molar-refractivity contribution in [3.63, 3.8) is 0 Å². The zero-order valence-corrected chi connectivity index (χ0v) is 18.9. The number of thiophene rings is 1. The minimum atomic E-state index is -0.338. The summed E-state index contributed by atoms with van der Waals surface area (Å²) in [6.07, 6.45) is 0.163. The van der Waals surface area contributed by atoms with Gasteiger partial charge in [-0.25, -0.2) is 4.98 Å². The highest BCUT2D eigenvalue weighted by Gasteiger charge is 2.20. The predicted octanol–water partition coefficient (Wildman–Crippen LogP) is 5.31. The minimum Gasteiger partial charge on any atom is -0.348 e. The van der Waals surface area contributed by atoms with Crippen LogP contribution >= 0.6 is 22.7 Å². The van der Waals surface area contributed by atoms with Crippen molar-refractivity contribution >= 4 is 39.6 Å². The molecule has 7 heteroatoms. The summed E-state index contributed by atoms with van der Waals surface area (Å²) >= 11 is 2.99. The molecule has 1 aromatic carbocycles. The van der Waals surface area contributed by atoms with E-state index in [1.165, 1.54) is 46.3 Å². The maximum atomic E-state index is 12.6. The summed E-state index contributed by atoms with van der Waals surface area (Å²) in [5.41, 5.74) is 5.64. The molecule has 0 spiro atoms. The molecule has 2 heterocycles. The lowest BCUT2D eigenvalue weighted by Gasteiger charge is -2.15. The number of carbonyl (C=O) groups is 2. The number of aryl methyl sites for hydroxylation is 4. The van der Waals surface area contributed by atoms with Gasteiger partial charge < -0.3 is 10.6 Å². The lowest BCUT2D eigenvalue weighted by molar-refractivity contribution is -0.120. The fourth-order valence-corrected chi connectivity index (χ4v) is 4.85. The van der Waals surface area contributed by atoms with Gasteiger partial charge in [0.2, 0.25) is 11.8 Å². The van der Waals surface area contributed by atoms with E-state index in [0.29, 0.717) is 5.13 Å². The van der Waals surface area contributed by atoms with Crippen LogP contribution < -0.4 is 10.6 Å². The Kier molecular flexibility index (Phi) is 6.49. The van der Waals surface area contributed by atoms with Crippen molar-refractivity contribution in [3.8, 4) is 11.3 Å². The van der Waals surface area contributed by atoms with E-state index >= 15 is 0 Å². The molecule has 0 aliphatic rings. The van der Waals surface area contributed by atoms with Crippen molar-refractivity contribution < 1.29 is 9.59 Å².